The summed E-state index contributed by atoms with van der Waals surface area (Å²) in [7, 11) is 0. The third-order valence-corrected chi connectivity index (χ3v) is 4.95. The summed E-state index contributed by atoms with van der Waals surface area (Å²) in [6, 6.07) is 7.90. The Balaban J connectivity index is 1.53. The zero-order valence-corrected chi connectivity index (χ0v) is 14.7. The maximum atomic E-state index is 5.82. The van der Waals surface area contributed by atoms with Crippen molar-refractivity contribution in [3.05, 3.63) is 59.6 Å². The maximum Gasteiger partial charge on any atom is 0.237 e. The number of thiophene rings is 1. The molecule has 0 spiro atoms. The van der Waals surface area contributed by atoms with Crippen LogP contribution in [-0.2, 0) is 6.54 Å². The quantitative estimate of drug-likeness (QED) is 0.524. The number of nitrogens with one attached hydrogen (secondary N) is 1. The zero-order valence-electron chi connectivity index (χ0n) is 13.9. The average molecular weight is 362 g/mol. The lowest BCUT2D eigenvalue weighted by Crippen LogP contribution is -2.02. The van der Waals surface area contributed by atoms with Crippen molar-refractivity contribution in [3.63, 3.8) is 0 Å². The third-order valence-electron chi connectivity index (χ3n) is 4.09. The minimum absolute atomic E-state index is 0.611. The summed E-state index contributed by atoms with van der Waals surface area (Å²) in [6.45, 7) is 2.51. The molecule has 0 amide bonds. The topological polar surface area (TPSA) is 85.4 Å². The van der Waals surface area contributed by atoms with E-state index in [2.05, 4.69) is 20.1 Å². The van der Waals surface area contributed by atoms with Crippen LogP contribution in [0.3, 0.4) is 0 Å². The molecule has 0 bridgehead atoms. The predicted octanol–water partition coefficient (Wildman–Crippen LogP) is 3.89. The van der Waals surface area contributed by atoms with Gasteiger partial charge in [0, 0.05) is 12.4 Å². The summed E-state index contributed by atoms with van der Waals surface area (Å²) in [4.78, 5) is 17.8. The van der Waals surface area contributed by atoms with Crippen molar-refractivity contribution < 1.29 is 4.42 Å². The molecule has 8 heteroatoms. The molecular formula is C18H14N6OS. The minimum Gasteiger partial charge on any atom is -0.440 e. The summed E-state index contributed by atoms with van der Waals surface area (Å²) in [5.74, 6) is 2.03. The third kappa shape index (κ3) is 2.51. The Kier molecular flexibility index (Phi) is 3.42. The van der Waals surface area contributed by atoms with E-state index in [-0.39, 0.29) is 0 Å². The normalized spacial score (nSPS) is 11.4. The van der Waals surface area contributed by atoms with Gasteiger partial charge in [-0.3, -0.25) is 4.98 Å². The molecule has 5 rings (SSSR count). The van der Waals surface area contributed by atoms with Crippen molar-refractivity contribution >= 4 is 22.5 Å². The molecule has 7 nitrogen and oxygen atoms in total. The fourth-order valence-corrected chi connectivity index (χ4v) is 3.51. The first kappa shape index (κ1) is 15.0. The van der Waals surface area contributed by atoms with Gasteiger partial charge in [0.1, 0.15) is 17.0 Å². The fourth-order valence-electron chi connectivity index (χ4n) is 2.86. The standard InChI is InChI=1S/C18H14N6OS/c1-11-15(22-18(25-11)14-5-3-7-26-14)16-21-13-9-20-24(17(13)23-16)10-12-4-2-6-19-8-12/h2-9H,10H2,1H3,(H,21,23). The van der Waals surface area contributed by atoms with Gasteiger partial charge in [0.2, 0.25) is 5.89 Å². The molecular weight excluding hydrogens is 348 g/mol. The van der Waals surface area contributed by atoms with Gasteiger partial charge in [-0.2, -0.15) is 5.10 Å². The van der Waals surface area contributed by atoms with E-state index in [0.29, 0.717) is 18.3 Å². The largest absolute Gasteiger partial charge is 0.440 e. The van der Waals surface area contributed by atoms with Gasteiger partial charge in [-0.05, 0) is 30.0 Å². The van der Waals surface area contributed by atoms with E-state index in [4.69, 9.17) is 9.40 Å². The van der Waals surface area contributed by atoms with Crippen LogP contribution < -0.4 is 0 Å². The number of pyridine rings is 1. The highest BCUT2D eigenvalue weighted by Gasteiger charge is 2.18. The van der Waals surface area contributed by atoms with Crippen LogP contribution in [0.15, 0.2) is 52.7 Å². The first-order chi connectivity index (χ1) is 12.8. The number of hydrogen-bond acceptors (Lipinski definition) is 6. The number of aromatic nitrogens is 6. The Labute approximate surface area is 152 Å². The SMILES string of the molecule is Cc1oc(-c2cccs2)nc1-c1nc2c(cnn2Cc2cccnc2)[nH]1. The summed E-state index contributed by atoms with van der Waals surface area (Å²) in [5.41, 5.74) is 3.44. The average Bonchev–Trinajstić information content (AvgIpc) is 3.40. The van der Waals surface area contributed by atoms with E-state index in [0.717, 1.165) is 33.1 Å². The lowest BCUT2D eigenvalue weighted by molar-refractivity contribution is 0.544. The summed E-state index contributed by atoms with van der Waals surface area (Å²) in [6.07, 6.45) is 5.36. The van der Waals surface area contributed by atoms with Crippen molar-refractivity contribution in [3.8, 4) is 22.3 Å². The summed E-state index contributed by atoms with van der Waals surface area (Å²) >= 11 is 1.60. The summed E-state index contributed by atoms with van der Waals surface area (Å²) < 4.78 is 7.67. The molecule has 0 aliphatic carbocycles. The smallest absolute Gasteiger partial charge is 0.237 e. The Hall–Kier alpha value is -3.26. The number of fused-ring (bicyclic) bond motifs is 1. The number of hydrogen-bond donors (Lipinski definition) is 1. The van der Waals surface area contributed by atoms with Crippen molar-refractivity contribution in [2.24, 2.45) is 0 Å². The Morgan fingerprint density at radius 1 is 1.19 bits per heavy atom. The van der Waals surface area contributed by atoms with E-state index >= 15 is 0 Å². The van der Waals surface area contributed by atoms with Gasteiger partial charge in [-0.25, -0.2) is 14.6 Å². The van der Waals surface area contributed by atoms with E-state index < -0.39 is 0 Å². The predicted molar refractivity (Wildman–Crippen MR) is 98.8 cm³/mol. The number of oxazole rings is 1. The molecule has 128 valence electrons. The van der Waals surface area contributed by atoms with E-state index in [1.165, 1.54) is 0 Å². The summed E-state index contributed by atoms with van der Waals surface area (Å²) in [5, 5.41) is 6.41. The molecule has 26 heavy (non-hydrogen) atoms. The molecule has 0 atom stereocenters. The van der Waals surface area contributed by atoms with Gasteiger partial charge in [0.05, 0.1) is 17.6 Å². The van der Waals surface area contributed by atoms with Crippen LogP contribution in [0, 0.1) is 6.92 Å². The number of imidazole rings is 1. The second-order valence-corrected chi connectivity index (χ2v) is 6.83. The number of rotatable bonds is 4. The van der Waals surface area contributed by atoms with Crippen LogP contribution in [0.2, 0.25) is 0 Å². The van der Waals surface area contributed by atoms with Crippen LogP contribution in [0.5, 0.6) is 0 Å². The van der Waals surface area contributed by atoms with E-state index in [1.807, 2.05) is 47.4 Å². The van der Waals surface area contributed by atoms with Gasteiger partial charge in [-0.15, -0.1) is 11.3 Å². The van der Waals surface area contributed by atoms with Crippen molar-refractivity contribution in [2.75, 3.05) is 0 Å². The van der Waals surface area contributed by atoms with Gasteiger partial charge in [-0.1, -0.05) is 12.1 Å². The van der Waals surface area contributed by atoms with Crippen LogP contribution >= 0.6 is 11.3 Å². The number of H-pyrrole nitrogens is 1. The second kappa shape index (κ2) is 5.92. The van der Waals surface area contributed by atoms with Gasteiger partial charge < -0.3 is 9.40 Å². The van der Waals surface area contributed by atoms with Crippen molar-refractivity contribution in [1.29, 1.82) is 0 Å². The van der Waals surface area contributed by atoms with Crippen LogP contribution in [0.4, 0.5) is 0 Å². The lowest BCUT2D eigenvalue weighted by atomic mass is 10.3. The number of nitrogens with zero attached hydrogens (tertiary/aromatic N) is 5. The van der Waals surface area contributed by atoms with Crippen molar-refractivity contribution in [1.82, 2.24) is 29.7 Å². The first-order valence-electron chi connectivity index (χ1n) is 8.10. The maximum absolute atomic E-state index is 5.82. The first-order valence-corrected chi connectivity index (χ1v) is 8.98. The molecule has 0 fully saturated rings. The van der Waals surface area contributed by atoms with Crippen LogP contribution in [0.1, 0.15) is 11.3 Å². The van der Waals surface area contributed by atoms with Gasteiger partial charge >= 0.3 is 0 Å². The van der Waals surface area contributed by atoms with Crippen molar-refractivity contribution in [2.45, 2.75) is 13.5 Å². The molecule has 5 heterocycles. The molecule has 1 N–H and O–H groups in total. The highest BCUT2D eigenvalue weighted by molar-refractivity contribution is 7.13. The molecule has 0 radical (unpaired) electrons. The lowest BCUT2D eigenvalue weighted by Gasteiger charge is -2.00. The zero-order chi connectivity index (χ0) is 17.5. The number of aromatic amines is 1. The molecule has 0 saturated heterocycles. The molecule has 0 aliphatic heterocycles. The fraction of sp³-hybridized carbons (Fsp3) is 0.111. The van der Waals surface area contributed by atoms with Crippen LogP contribution in [0.25, 0.3) is 33.5 Å². The van der Waals surface area contributed by atoms with Gasteiger partial charge in [0.25, 0.3) is 0 Å². The monoisotopic (exact) mass is 362 g/mol. The Bertz CT molecular complexity index is 1170. The van der Waals surface area contributed by atoms with Gasteiger partial charge in [0.15, 0.2) is 11.5 Å². The molecule has 5 aromatic heterocycles. The Morgan fingerprint density at radius 3 is 2.96 bits per heavy atom. The molecule has 0 saturated carbocycles. The second-order valence-electron chi connectivity index (χ2n) is 5.89. The van der Waals surface area contributed by atoms with E-state index in [1.54, 1.807) is 23.7 Å². The number of aryl methyl sites for hydroxylation is 1. The molecule has 5 aromatic rings. The highest BCUT2D eigenvalue weighted by atomic mass is 32.1. The molecule has 0 aliphatic rings. The van der Waals surface area contributed by atoms with E-state index in [9.17, 15) is 0 Å². The van der Waals surface area contributed by atoms with Crippen LogP contribution in [-0.4, -0.2) is 29.7 Å². The molecule has 0 aromatic carbocycles. The highest BCUT2D eigenvalue weighted by Crippen LogP contribution is 2.30. The Morgan fingerprint density at radius 2 is 2.15 bits per heavy atom. The molecule has 0 unspecified atom stereocenters. The minimum atomic E-state index is 0.611.